The van der Waals surface area contributed by atoms with Crippen LogP contribution in [-0.2, 0) is 13.6 Å². The number of carbonyl (C=O) groups excluding carboxylic acids is 2. The van der Waals surface area contributed by atoms with E-state index in [1.165, 1.54) is 0 Å². The number of benzene rings is 1. The fourth-order valence-corrected chi connectivity index (χ4v) is 3.56. The van der Waals surface area contributed by atoms with Gasteiger partial charge in [0.1, 0.15) is 11.3 Å². The van der Waals surface area contributed by atoms with Crippen molar-refractivity contribution in [3.8, 4) is 0 Å². The molecule has 1 atom stereocenters. The lowest BCUT2D eigenvalue weighted by atomic mass is 9.93. The third-order valence-corrected chi connectivity index (χ3v) is 5.01. The van der Waals surface area contributed by atoms with Crippen LogP contribution in [0.25, 0.3) is 11.0 Å². The highest BCUT2D eigenvalue weighted by Crippen LogP contribution is 2.21. The van der Waals surface area contributed by atoms with Crippen molar-refractivity contribution in [2.45, 2.75) is 19.4 Å². The number of nitrogens with one attached hydrogen (secondary N) is 1. The van der Waals surface area contributed by atoms with Crippen LogP contribution in [0.15, 0.2) is 47.1 Å². The van der Waals surface area contributed by atoms with Crippen molar-refractivity contribution in [1.82, 2.24) is 19.8 Å². The second-order valence-electron chi connectivity index (χ2n) is 6.92. The molecular formula is C20H22N4O3. The predicted molar refractivity (Wildman–Crippen MR) is 100 cm³/mol. The largest absolute Gasteiger partial charge is 0.459 e. The van der Waals surface area contributed by atoms with Gasteiger partial charge in [-0.1, -0.05) is 18.2 Å². The van der Waals surface area contributed by atoms with Crippen LogP contribution in [0, 0.1) is 5.92 Å². The monoisotopic (exact) mass is 366 g/mol. The second-order valence-corrected chi connectivity index (χ2v) is 6.92. The number of carbonyl (C=O) groups is 2. The van der Waals surface area contributed by atoms with Crippen LogP contribution in [0.2, 0.25) is 0 Å². The fraction of sp³-hybridized carbons (Fsp3) is 0.350. The third kappa shape index (κ3) is 3.58. The number of para-hydroxylation sites is 1. The number of piperidine rings is 1. The van der Waals surface area contributed by atoms with Crippen molar-refractivity contribution >= 4 is 22.8 Å². The van der Waals surface area contributed by atoms with Crippen molar-refractivity contribution in [1.29, 1.82) is 0 Å². The number of urea groups is 1. The van der Waals surface area contributed by atoms with Gasteiger partial charge in [-0.2, -0.15) is 0 Å². The number of hydrogen-bond donors (Lipinski definition) is 1. The lowest BCUT2D eigenvalue weighted by molar-refractivity contribution is 0.0831. The van der Waals surface area contributed by atoms with E-state index in [-0.39, 0.29) is 17.7 Å². The molecule has 7 heteroatoms. The summed E-state index contributed by atoms with van der Waals surface area (Å²) in [7, 11) is 1.81. The Kier molecular flexibility index (Phi) is 4.66. The zero-order chi connectivity index (χ0) is 18.8. The van der Waals surface area contributed by atoms with Gasteiger partial charge in [0.05, 0.1) is 6.54 Å². The first-order chi connectivity index (χ1) is 13.1. The van der Waals surface area contributed by atoms with Crippen molar-refractivity contribution in [3.05, 3.63) is 54.3 Å². The molecule has 4 rings (SSSR count). The lowest BCUT2D eigenvalue weighted by Gasteiger charge is -2.31. The van der Waals surface area contributed by atoms with Crippen molar-refractivity contribution in [2.75, 3.05) is 13.1 Å². The third-order valence-electron chi connectivity index (χ3n) is 5.01. The molecule has 3 heterocycles. The average molecular weight is 366 g/mol. The molecule has 1 aliphatic heterocycles. The van der Waals surface area contributed by atoms with Gasteiger partial charge >= 0.3 is 6.03 Å². The van der Waals surface area contributed by atoms with Gasteiger partial charge in [-0.25, -0.2) is 9.78 Å². The molecule has 1 N–H and O–H groups in total. The van der Waals surface area contributed by atoms with Crippen molar-refractivity contribution in [2.24, 2.45) is 13.0 Å². The number of imidazole rings is 1. The first-order valence-electron chi connectivity index (χ1n) is 9.13. The number of amides is 2. The molecule has 0 radical (unpaired) electrons. The Hall–Kier alpha value is -3.09. The standard InChI is InChI=1S/C20H22N4O3/c1-23-10-8-21-19(23)18(25)15-6-4-9-24(13-15)20(26)22-12-16-11-14-5-2-3-7-17(14)27-16/h2-3,5,7-8,10-11,15H,4,6,9,12-13H2,1H3,(H,22,26)/t15-/m0/s1. The molecule has 1 aliphatic rings. The molecule has 3 aromatic rings. The molecule has 0 aliphatic carbocycles. The highest BCUT2D eigenvalue weighted by atomic mass is 16.3. The molecule has 140 valence electrons. The molecule has 0 spiro atoms. The van der Waals surface area contributed by atoms with Crippen LogP contribution in [0.3, 0.4) is 0 Å². The number of aryl methyl sites for hydroxylation is 1. The maximum Gasteiger partial charge on any atom is 0.317 e. The molecule has 0 saturated carbocycles. The van der Waals surface area contributed by atoms with Crippen molar-refractivity contribution < 1.29 is 14.0 Å². The molecule has 0 bridgehead atoms. The maximum atomic E-state index is 12.7. The molecule has 27 heavy (non-hydrogen) atoms. The minimum absolute atomic E-state index is 0.00251. The summed E-state index contributed by atoms with van der Waals surface area (Å²) in [6, 6.07) is 9.50. The van der Waals surface area contributed by atoms with Gasteiger partial charge < -0.3 is 19.2 Å². The highest BCUT2D eigenvalue weighted by Gasteiger charge is 2.30. The summed E-state index contributed by atoms with van der Waals surface area (Å²) < 4.78 is 7.45. The van der Waals surface area contributed by atoms with E-state index in [9.17, 15) is 9.59 Å². The number of likely N-dealkylation sites (tertiary alicyclic amines) is 1. The number of Topliss-reactive ketones (excluding diaryl/α,β-unsaturated/α-hetero) is 1. The summed E-state index contributed by atoms with van der Waals surface area (Å²) in [5.74, 6) is 0.945. The molecule has 0 unspecified atom stereocenters. The van der Waals surface area contributed by atoms with E-state index >= 15 is 0 Å². The summed E-state index contributed by atoms with van der Waals surface area (Å²) >= 11 is 0. The molecule has 1 fully saturated rings. The Morgan fingerprint density at radius 2 is 2.19 bits per heavy atom. The first-order valence-corrected chi connectivity index (χ1v) is 9.13. The van der Waals surface area contributed by atoms with E-state index in [0.29, 0.717) is 31.2 Å². The molecule has 2 aromatic heterocycles. The van der Waals surface area contributed by atoms with Gasteiger partial charge in [-0.3, -0.25) is 4.79 Å². The normalized spacial score (nSPS) is 17.2. The summed E-state index contributed by atoms with van der Waals surface area (Å²) in [4.78, 5) is 31.1. The second kappa shape index (κ2) is 7.26. The summed E-state index contributed by atoms with van der Waals surface area (Å²) in [6.07, 6.45) is 4.96. The average Bonchev–Trinajstić information content (AvgIpc) is 3.31. The van der Waals surface area contributed by atoms with E-state index in [4.69, 9.17) is 4.42 Å². The first kappa shape index (κ1) is 17.3. The lowest BCUT2D eigenvalue weighted by Crippen LogP contribution is -2.47. The molecule has 1 aromatic carbocycles. The van der Waals surface area contributed by atoms with Crippen LogP contribution in [0.1, 0.15) is 29.2 Å². The van der Waals surface area contributed by atoms with E-state index in [1.807, 2.05) is 30.3 Å². The number of fused-ring (bicyclic) bond motifs is 1. The van der Waals surface area contributed by atoms with Gasteiger partial charge in [0.25, 0.3) is 0 Å². The van der Waals surface area contributed by atoms with Gasteiger partial charge in [0.15, 0.2) is 5.82 Å². The maximum absolute atomic E-state index is 12.7. The Labute approximate surface area is 157 Å². The van der Waals surface area contributed by atoms with Gasteiger partial charge in [0.2, 0.25) is 5.78 Å². The van der Waals surface area contributed by atoms with Crippen LogP contribution < -0.4 is 5.32 Å². The van der Waals surface area contributed by atoms with Crippen LogP contribution in [0.4, 0.5) is 4.79 Å². The highest BCUT2D eigenvalue weighted by molar-refractivity contribution is 5.95. The van der Waals surface area contributed by atoms with E-state index in [0.717, 1.165) is 23.8 Å². The van der Waals surface area contributed by atoms with E-state index in [2.05, 4.69) is 10.3 Å². The number of furan rings is 1. The van der Waals surface area contributed by atoms with E-state index < -0.39 is 0 Å². The predicted octanol–water partition coefficient (Wildman–Crippen LogP) is 2.97. The molecular weight excluding hydrogens is 344 g/mol. The van der Waals surface area contributed by atoms with Crippen LogP contribution in [-0.4, -0.2) is 39.4 Å². The topological polar surface area (TPSA) is 80.4 Å². The number of hydrogen-bond acceptors (Lipinski definition) is 4. The Balaban J connectivity index is 1.37. The summed E-state index contributed by atoms with van der Waals surface area (Å²) in [6.45, 7) is 1.38. The quantitative estimate of drug-likeness (QED) is 0.720. The minimum Gasteiger partial charge on any atom is -0.459 e. The van der Waals surface area contributed by atoms with Gasteiger partial charge in [0, 0.05) is 43.8 Å². The number of ketones is 1. The zero-order valence-electron chi connectivity index (χ0n) is 15.2. The SMILES string of the molecule is Cn1ccnc1C(=O)[C@H]1CCCN(C(=O)NCc2cc3ccccc3o2)C1. The minimum atomic E-state index is -0.211. The zero-order valence-corrected chi connectivity index (χ0v) is 15.2. The Bertz CT molecular complexity index is 941. The summed E-state index contributed by atoms with van der Waals surface area (Å²) in [5, 5.41) is 3.91. The van der Waals surface area contributed by atoms with Gasteiger partial charge in [-0.15, -0.1) is 0 Å². The van der Waals surface area contributed by atoms with Crippen molar-refractivity contribution in [3.63, 3.8) is 0 Å². The fourth-order valence-electron chi connectivity index (χ4n) is 3.56. The smallest absolute Gasteiger partial charge is 0.317 e. The number of rotatable bonds is 4. The number of nitrogens with zero attached hydrogens (tertiary/aromatic N) is 3. The van der Waals surface area contributed by atoms with Gasteiger partial charge in [-0.05, 0) is 25.0 Å². The van der Waals surface area contributed by atoms with E-state index in [1.54, 1.807) is 28.9 Å². The Morgan fingerprint density at radius 3 is 2.96 bits per heavy atom. The number of aromatic nitrogens is 2. The molecule has 2 amide bonds. The summed E-state index contributed by atoms with van der Waals surface area (Å²) in [5.41, 5.74) is 0.806. The van der Waals surface area contributed by atoms with Crippen LogP contribution >= 0.6 is 0 Å². The molecule has 7 nitrogen and oxygen atoms in total. The van der Waals surface area contributed by atoms with Crippen LogP contribution in [0.5, 0.6) is 0 Å². The Morgan fingerprint density at radius 1 is 1.33 bits per heavy atom. The molecule has 1 saturated heterocycles.